The fourth-order valence-corrected chi connectivity index (χ4v) is 0.850. The molecular weight excluding hydrogens is 134 g/mol. The molecule has 0 radical (unpaired) electrons. The molecule has 1 aromatic rings. The highest BCUT2D eigenvalue weighted by atomic mass is 14.6. The Morgan fingerprint density at radius 3 is 2.45 bits per heavy atom. The van der Waals surface area contributed by atoms with Crippen molar-refractivity contribution in [3.63, 3.8) is 0 Å². The largest absolute Gasteiger partial charge is 0.312 e. The lowest BCUT2D eigenvalue weighted by Gasteiger charge is -1.92. The second kappa shape index (κ2) is 3.58. The van der Waals surface area contributed by atoms with Crippen molar-refractivity contribution < 1.29 is 0 Å². The Kier molecular flexibility index (Phi) is 2.46. The van der Waals surface area contributed by atoms with Gasteiger partial charge in [0.15, 0.2) is 0 Å². The van der Waals surface area contributed by atoms with Gasteiger partial charge in [-0.1, -0.05) is 36.9 Å². The Labute approximate surface area is 66.8 Å². The van der Waals surface area contributed by atoms with E-state index in [4.69, 9.17) is 6.57 Å². The third-order valence-corrected chi connectivity index (χ3v) is 1.48. The molecule has 0 bridgehead atoms. The molecule has 0 aliphatic rings. The molecule has 1 aromatic carbocycles. The van der Waals surface area contributed by atoms with E-state index in [1.165, 1.54) is 0 Å². The summed E-state index contributed by atoms with van der Waals surface area (Å²) in [5.41, 5.74) is 2.16. The van der Waals surface area contributed by atoms with Crippen molar-refractivity contribution >= 4 is 6.08 Å². The smallest absolute Gasteiger partial charge is 0.239 e. The molecule has 1 rings (SSSR count). The summed E-state index contributed by atoms with van der Waals surface area (Å²) in [5, 5.41) is 0. The van der Waals surface area contributed by atoms with Gasteiger partial charge in [-0.05, 0) is 5.56 Å². The first kappa shape index (κ1) is 7.56. The molecule has 1 nitrogen and oxygen atoms in total. The van der Waals surface area contributed by atoms with E-state index >= 15 is 0 Å². The monoisotopic (exact) mass is 143 g/mol. The van der Waals surface area contributed by atoms with Gasteiger partial charge < -0.3 is 4.85 Å². The molecule has 0 aliphatic carbocycles. The molecule has 0 aromatic heterocycles. The van der Waals surface area contributed by atoms with Crippen LogP contribution >= 0.6 is 0 Å². The predicted octanol–water partition coefficient (Wildman–Crippen LogP) is 2.75. The summed E-state index contributed by atoms with van der Waals surface area (Å²) in [5.74, 6) is 0. The van der Waals surface area contributed by atoms with Crippen LogP contribution < -0.4 is 0 Å². The summed E-state index contributed by atoms with van der Waals surface area (Å²) in [6.07, 6.45) is 1.79. The Bertz CT molecular complexity index is 277. The first-order valence-corrected chi connectivity index (χ1v) is 3.41. The molecular formula is C10H9N. The minimum Gasteiger partial charge on any atom is -0.312 e. The lowest BCUT2D eigenvalue weighted by atomic mass is 10.1. The van der Waals surface area contributed by atoms with Crippen LogP contribution in [0.15, 0.2) is 30.8 Å². The zero-order chi connectivity index (χ0) is 8.10. The number of benzene rings is 1. The van der Waals surface area contributed by atoms with E-state index in [2.05, 4.69) is 11.4 Å². The van der Waals surface area contributed by atoms with E-state index in [1.807, 2.05) is 24.3 Å². The van der Waals surface area contributed by atoms with Crippen molar-refractivity contribution in [1.82, 2.24) is 0 Å². The zero-order valence-electron chi connectivity index (χ0n) is 6.25. The quantitative estimate of drug-likeness (QED) is 0.561. The van der Waals surface area contributed by atoms with Crippen LogP contribution in [0.2, 0.25) is 0 Å². The van der Waals surface area contributed by atoms with Gasteiger partial charge in [-0.3, -0.25) is 0 Å². The molecule has 0 heterocycles. The summed E-state index contributed by atoms with van der Waals surface area (Å²) in [7, 11) is 0. The second-order valence-electron chi connectivity index (χ2n) is 2.26. The summed E-state index contributed by atoms with van der Waals surface area (Å²) in [6, 6.07) is 7.84. The second-order valence-corrected chi connectivity index (χ2v) is 2.26. The van der Waals surface area contributed by atoms with Crippen LogP contribution in [-0.4, -0.2) is 0 Å². The van der Waals surface area contributed by atoms with Gasteiger partial charge in [0.1, 0.15) is 0 Å². The number of rotatable bonds is 2. The fourth-order valence-electron chi connectivity index (χ4n) is 0.850. The van der Waals surface area contributed by atoms with Crippen molar-refractivity contribution in [2.24, 2.45) is 0 Å². The van der Waals surface area contributed by atoms with Crippen LogP contribution in [0.1, 0.15) is 11.1 Å². The van der Waals surface area contributed by atoms with Gasteiger partial charge in [0.25, 0.3) is 0 Å². The molecule has 0 saturated heterocycles. The lowest BCUT2D eigenvalue weighted by molar-refractivity contribution is 1.26. The summed E-state index contributed by atoms with van der Waals surface area (Å²) in [6.45, 7) is 10.8. The molecule has 0 saturated carbocycles. The molecule has 11 heavy (non-hydrogen) atoms. The average molecular weight is 143 g/mol. The van der Waals surface area contributed by atoms with Gasteiger partial charge >= 0.3 is 0 Å². The highest BCUT2D eigenvalue weighted by Crippen LogP contribution is 2.05. The summed E-state index contributed by atoms with van der Waals surface area (Å²) >= 11 is 0. The van der Waals surface area contributed by atoms with Gasteiger partial charge in [-0.2, -0.15) is 0 Å². The molecule has 0 amide bonds. The maximum atomic E-state index is 6.64. The van der Waals surface area contributed by atoms with Crippen LogP contribution in [-0.2, 0) is 6.54 Å². The third-order valence-electron chi connectivity index (χ3n) is 1.48. The number of hydrogen-bond acceptors (Lipinski definition) is 0. The van der Waals surface area contributed by atoms with Gasteiger partial charge in [0.05, 0.1) is 0 Å². The maximum absolute atomic E-state index is 6.64. The standard InChI is InChI=1S/C10H9N/c1-3-9-4-6-10(7-5-9)8-11-2/h3-7H,1,8H2. The average Bonchev–Trinajstić information content (AvgIpc) is 2.07. The molecule has 1 heteroatoms. The van der Waals surface area contributed by atoms with Gasteiger partial charge in [-0.25, -0.2) is 6.57 Å². The minimum atomic E-state index is 0.470. The number of nitrogens with zero attached hydrogens (tertiary/aromatic N) is 1. The van der Waals surface area contributed by atoms with Gasteiger partial charge in [0, 0.05) is 5.56 Å². The van der Waals surface area contributed by atoms with E-state index in [0.29, 0.717) is 6.54 Å². The van der Waals surface area contributed by atoms with Crippen molar-refractivity contribution in [1.29, 1.82) is 0 Å². The van der Waals surface area contributed by atoms with Crippen LogP contribution in [0.25, 0.3) is 10.9 Å². The predicted molar refractivity (Wildman–Crippen MR) is 46.8 cm³/mol. The maximum Gasteiger partial charge on any atom is 0.239 e. The van der Waals surface area contributed by atoms with E-state index in [-0.39, 0.29) is 0 Å². The van der Waals surface area contributed by atoms with E-state index in [0.717, 1.165) is 11.1 Å². The SMILES string of the molecule is [C-]#[N+]Cc1ccc(C=C)cc1. The molecule has 0 N–H and O–H groups in total. The van der Waals surface area contributed by atoms with Crippen molar-refractivity contribution in [3.8, 4) is 0 Å². The Morgan fingerprint density at radius 2 is 2.00 bits per heavy atom. The fraction of sp³-hybridized carbons (Fsp3) is 0.100. The van der Waals surface area contributed by atoms with Gasteiger partial charge in [-0.15, -0.1) is 0 Å². The van der Waals surface area contributed by atoms with E-state index in [9.17, 15) is 0 Å². The van der Waals surface area contributed by atoms with Crippen molar-refractivity contribution in [2.75, 3.05) is 0 Å². The Morgan fingerprint density at radius 1 is 1.36 bits per heavy atom. The van der Waals surface area contributed by atoms with Crippen molar-refractivity contribution in [3.05, 3.63) is 53.4 Å². The molecule has 0 unspecified atom stereocenters. The van der Waals surface area contributed by atoms with Gasteiger partial charge in [0.2, 0.25) is 6.54 Å². The first-order valence-electron chi connectivity index (χ1n) is 3.41. The van der Waals surface area contributed by atoms with E-state index in [1.54, 1.807) is 6.08 Å². The first-order chi connectivity index (χ1) is 5.36. The minimum absolute atomic E-state index is 0.470. The molecule has 54 valence electrons. The van der Waals surface area contributed by atoms with Crippen LogP contribution in [0.3, 0.4) is 0 Å². The van der Waals surface area contributed by atoms with Crippen LogP contribution in [0.4, 0.5) is 0 Å². The molecule has 0 fully saturated rings. The van der Waals surface area contributed by atoms with Crippen LogP contribution in [0, 0.1) is 6.57 Å². The normalized spacial score (nSPS) is 8.64. The number of hydrogen-bond donors (Lipinski definition) is 0. The zero-order valence-corrected chi connectivity index (χ0v) is 6.25. The Hall–Kier alpha value is -1.55. The lowest BCUT2D eigenvalue weighted by Crippen LogP contribution is -1.78. The summed E-state index contributed by atoms with van der Waals surface area (Å²) < 4.78 is 0. The molecule has 0 atom stereocenters. The van der Waals surface area contributed by atoms with Crippen molar-refractivity contribution in [2.45, 2.75) is 6.54 Å². The Balaban J connectivity index is 2.84. The topological polar surface area (TPSA) is 4.36 Å². The van der Waals surface area contributed by atoms with E-state index < -0.39 is 0 Å². The summed E-state index contributed by atoms with van der Waals surface area (Å²) in [4.78, 5) is 3.29. The highest BCUT2D eigenvalue weighted by Gasteiger charge is 1.92. The molecule has 0 aliphatic heterocycles. The molecule has 0 spiro atoms. The highest BCUT2D eigenvalue weighted by molar-refractivity contribution is 5.47. The van der Waals surface area contributed by atoms with Crippen LogP contribution in [0.5, 0.6) is 0 Å². The third kappa shape index (κ3) is 1.94.